The van der Waals surface area contributed by atoms with Crippen LogP contribution in [0.3, 0.4) is 0 Å². The van der Waals surface area contributed by atoms with E-state index >= 15 is 0 Å². The van der Waals surface area contributed by atoms with Crippen LogP contribution in [0.4, 0.5) is 0 Å². The van der Waals surface area contributed by atoms with Gasteiger partial charge in [-0.25, -0.2) is 4.98 Å². The zero-order valence-electron chi connectivity index (χ0n) is 7.00. The van der Waals surface area contributed by atoms with Crippen LogP contribution in [0.5, 0.6) is 0 Å². The van der Waals surface area contributed by atoms with E-state index in [0.29, 0.717) is 5.88 Å². The zero-order valence-corrected chi connectivity index (χ0v) is 7.75. The highest BCUT2D eigenvalue weighted by molar-refractivity contribution is 6.19. The van der Waals surface area contributed by atoms with E-state index in [9.17, 15) is 0 Å². The normalized spacial score (nSPS) is 11.5. The van der Waals surface area contributed by atoms with Crippen LogP contribution in [-0.2, 0) is 0 Å². The Balaban J connectivity index is 2.54. The van der Waals surface area contributed by atoms with Gasteiger partial charge in [0.05, 0.1) is 0 Å². The molecular weight excluding hydrogens is 184 g/mol. The van der Waals surface area contributed by atoms with Gasteiger partial charge in [0.25, 0.3) is 0 Å². The number of pyridine rings is 1. The Kier molecular flexibility index (Phi) is 2.32. The summed E-state index contributed by atoms with van der Waals surface area (Å²) in [5.41, 5.74) is 2.06. The zero-order chi connectivity index (χ0) is 9.10. The van der Waals surface area contributed by atoms with Gasteiger partial charge >= 0.3 is 0 Å². The maximum absolute atomic E-state index is 5.57. The number of halogens is 1. The molecule has 1 N–H and O–H groups in total. The molecule has 0 bridgehead atoms. The number of allylic oxidation sites excluding steroid dienone is 1. The first-order valence-electron chi connectivity index (χ1n) is 4.06. The van der Waals surface area contributed by atoms with Crippen LogP contribution in [0.2, 0.25) is 0 Å². The molecule has 0 saturated heterocycles. The Morgan fingerprint density at radius 3 is 3.23 bits per heavy atom. The topological polar surface area (TPSA) is 28.7 Å². The fourth-order valence-electron chi connectivity index (χ4n) is 1.30. The summed E-state index contributed by atoms with van der Waals surface area (Å²) in [4.78, 5) is 7.25. The molecule has 0 radical (unpaired) electrons. The van der Waals surface area contributed by atoms with Gasteiger partial charge in [-0.3, -0.25) is 0 Å². The van der Waals surface area contributed by atoms with E-state index in [1.807, 2.05) is 30.5 Å². The van der Waals surface area contributed by atoms with Gasteiger partial charge in [0, 0.05) is 23.7 Å². The first-order valence-corrected chi connectivity index (χ1v) is 4.60. The molecule has 0 unspecified atom stereocenters. The summed E-state index contributed by atoms with van der Waals surface area (Å²) in [5.74, 6) is 0.536. The molecule has 2 heterocycles. The van der Waals surface area contributed by atoms with Gasteiger partial charge in [0.2, 0.25) is 0 Å². The number of aromatic nitrogens is 2. The maximum atomic E-state index is 5.57. The Labute approximate surface area is 81.3 Å². The molecule has 0 aliphatic rings. The molecular formula is C10H9ClN2. The summed E-state index contributed by atoms with van der Waals surface area (Å²) in [7, 11) is 0. The van der Waals surface area contributed by atoms with Crippen molar-refractivity contribution in [3.05, 3.63) is 36.2 Å². The standard InChI is InChI=1S/C10H9ClN2/c11-5-1-2-8-3-6-12-10-9(8)4-7-13-10/h1-4,6-7H,5H2,(H,12,13). The van der Waals surface area contributed by atoms with Crippen LogP contribution in [0.1, 0.15) is 5.56 Å². The number of nitrogens with one attached hydrogen (secondary N) is 1. The van der Waals surface area contributed by atoms with E-state index in [1.54, 1.807) is 6.20 Å². The number of hydrogen-bond acceptors (Lipinski definition) is 1. The lowest BCUT2D eigenvalue weighted by atomic mass is 10.2. The maximum Gasteiger partial charge on any atom is 0.137 e. The molecule has 0 atom stereocenters. The first kappa shape index (κ1) is 8.32. The number of nitrogens with zero attached hydrogens (tertiary/aromatic N) is 1. The van der Waals surface area contributed by atoms with Gasteiger partial charge in [-0.15, -0.1) is 11.6 Å². The summed E-state index contributed by atoms with van der Waals surface area (Å²) >= 11 is 5.57. The van der Waals surface area contributed by atoms with Crippen LogP contribution < -0.4 is 0 Å². The number of aromatic amines is 1. The van der Waals surface area contributed by atoms with Crippen LogP contribution in [-0.4, -0.2) is 15.8 Å². The highest BCUT2D eigenvalue weighted by Gasteiger charge is 1.97. The first-order chi connectivity index (χ1) is 6.42. The van der Waals surface area contributed by atoms with Gasteiger partial charge in [0.15, 0.2) is 0 Å². The van der Waals surface area contributed by atoms with Crippen molar-refractivity contribution in [2.24, 2.45) is 0 Å². The highest BCUT2D eigenvalue weighted by atomic mass is 35.5. The van der Waals surface area contributed by atoms with Crippen molar-refractivity contribution >= 4 is 28.7 Å². The third kappa shape index (κ3) is 1.58. The number of alkyl halides is 1. The Bertz CT molecular complexity index is 431. The van der Waals surface area contributed by atoms with Crippen molar-refractivity contribution in [1.82, 2.24) is 9.97 Å². The van der Waals surface area contributed by atoms with Crippen molar-refractivity contribution in [3.8, 4) is 0 Å². The van der Waals surface area contributed by atoms with Crippen molar-refractivity contribution in [3.63, 3.8) is 0 Å². The van der Waals surface area contributed by atoms with Gasteiger partial charge < -0.3 is 4.98 Å². The molecule has 2 nitrogen and oxygen atoms in total. The van der Waals surface area contributed by atoms with E-state index in [-0.39, 0.29) is 0 Å². The van der Waals surface area contributed by atoms with Gasteiger partial charge in [-0.2, -0.15) is 0 Å². The van der Waals surface area contributed by atoms with Crippen LogP contribution in [0, 0.1) is 0 Å². The number of fused-ring (bicyclic) bond motifs is 1. The lowest BCUT2D eigenvalue weighted by molar-refractivity contribution is 1.32. The fourth-order valence-corrected chi connectivity index (χ4v) is 1.39. The SMILES string of the molecule is ClCC=Cc1ccnc2[nH]ccc12. The second-order valence-electron chi connectivity index (χ2n) is 2.70. The van der Waals surface area contributed by atoms with E-state index in [4.69, 9.17) is 11.6 Å². The Hall–Kier alpha value is -1.28. The molecule has 3 heteroatoms. The van der Waals surface area contributed by atoms with Gasteiger partial charge in [-0.05, 0) is 17.7 Å². The molecule has 2 aromatic heterocycles. The van der Waals surface area contributed by atoms with Gasteiger partial charge in [0.1, 0.15) is 5.65 Å². The number of rotatable bonds is 2. The average Bonchev–Trinajstić information content (AvgIpc) is 2.62. The third-order valence-corrected chi connectivity index (χ3v) is 2.06. The summed E-state index contributed by atoms with van der Waals surface area (Å²) in [6.07, 6.45) is 7.59. The van der Waals surface area contributed by atoms with E-state index in [0.717, 1.165) is 16.6 Å². The predicted molar refractivity (Wildman–Crippen MR) is 55.8 cm³/mol. The summed E-state index contributed by atoms with van der Waals surface area (Å²) in [6.45, 7) is 0. The van der Waals surface area contributed by atoms with Crippen LogP contribution in [0.15, 0.2) is 30.6 Å². The molecule has 0 aliphatic carbocycles. The fraction of sp³-hybridized carbons (Fsp3) is 0.100. The van der Waals surface area contributed by atoms with Crippen molar-refractivity contribution < 1.29 is 0 Å². The molecule has 2 aromatic rings. The minimum absolute atomic E-state index is 0.536. The predicted octanol–water partition coefficient (Wildman–Crippen LogP) is 2.81. The molecule has 13 heavy (non-hydrogen) atoms. The molecule has 0 aliphatic heterocycles. The molecule has 0 aromatic carbocycles. The smallest absolute Gasteiger partial charge is 0.137 e. The van der Waals surface area contributed by atoms with E-state index in [1.165, 1.54) is 0 Å². The second-order valence-corrected chi connectivity index (χ2v) is 3.01. The largest absolute Gasteiger partial charge is 0.346 e. The van der Waals surface area contributed by atoms with E-state index < -0.39 is 0 Å². The van der Waals surface area contributed by atoms with Crippen LogP contribution in [0.25, 0.3) is 17.1 Å². The summed E-state index contributed by atoms with van der Waals surface area (Å²) < 4.78 is 0. The quantitative estimate of drug-likeness (QED) is 0.729. The Morgan fingerprint density at radius 1 is 1.46 bits per heavy atom. The molecule has 66 valence electrons. The monoisotopic (exact) mass is 192 g/mol. The molecule has 0 spiro atoms. The molecule has 2 rings (SSSR count). The van der Waals surface area contributed by atoms with Crippen molar-refractivity contribution in [2.75, 3.05) is 5.88 Å². The van der Waals surface area contributed by atoms with Gasteiger partial charge in [-0.1, -0.05) is 12.2 Å². The van der Waals surface area contributed by atoms with Crippen molar-refractivity contribution in [1.29, 1.82) is 0 Å². The highest BCUT2D eigenvalue weighted by Crippen LogP contribution is 2.16. The number of hydrogen-bond donors (Lipinski definition) is 1. The minimum atomic E-state index is 0.536. The summed E-state index contributed by atoms with van der Waals surface area (Å²) in [6, 6.07) is 3.98. The third-order valence-electron chi connectivity index (χ3n) is 1.88. The second kappa shape index (κ2) is 3.62. The average molecular weight is 193 g/mol. The molecule has 0 fully saturated rings. The molecule has 0 saturated carbocycles. The molecule has 0 amide bonds. The minimum Gasteiger partial charge on any atom is -0.346 e. The lowest BCUT2D eigenvalue weighted by Gasteiger charge is -1.94. The van der Waals surface area contributed by atoms with Crippen LogP contribution >= 0.6 is 11.6 Å². The Morgan fingerprint density at radius 2 is 2.38 bits per heavy atom. The van der Waals surface area contributed by atoms with E-state index in [2.05, 4.69) is 9.97 Å². The number of H-pyrrole nitrogens is 1. The lowest BCUT2D eigenvalue weighted by Crippen LogP contribution is -1.78. The van der Waals surface area contributed by atoms with Crippen molar-refractivity contribution in [2.45, 2.75) is 0 Å². The summed E-state index contributed by atoms with van der Waals surface area (Å²) in [5, 5.41) is 1.13.